The Kier molecular flexibility index (Phi) is 7.18. The van der Waals surface area contributed by atoms with Crippen molar-refractivity contribution in [3.63, 3.8) is 0 Å². The second-order valence-electron chi connectivity index (χ2n) is 12.5. The molecule has 0 radical (unpaired) electrons. The van der Waals surface area contributed by atoms with E-state index in [1.165, 1.54) is 12.3 Å². The van der Waals surface area contributed by atoms with E-state index < -0.39 is 12.0 Å². The zero-order valence-electron chi connectivity index (χ0n) is 25.7. The molecule has 2 saturated heterocycles. The minimum absolute atomic E-state index is 0.131. The molecular weight excluding hydrogens is 592 g/mol. The molecule has 2 fully saturated rings. The molecular formula is C39H33F2N5O. The van der Waals surface area contributed by atoms with Gasteiger partial charge in [0.05, 0.1) is 10.9 Å². The highest BCUT2D eigenvalue weighted by atomic mass is 19.3. The van der Waals surface area contributed by atoms with Crippen molar-refractivity contribution in [2.75, 3.05) is 24.5 Å². The number of carbonyl (C=O) groups excluding carboxylic acids is 1. The van der Waals surface area contributed by atoms with Gasteiger partial charge >= 0.3 is 0 Å². The van der Waals surface area contributed by atoms with Crippen molar-refractivity contribution in [3.05, 3.63) is 150 Å². The van der Waals surface area contributed by atoms with Crippen LogP contribution in [0.1, 0.15) is 41.7 Å². The molecule has 234 valence electrons. The molecule has 2 aromatic heterocycles. The van der Waals surface area contributed by atoms with E-state index in [2.05, 4.69) is 46.7 Å². The van der Waals surface area contributed by atoms with Crippen molar-refractivity contribution in [3.8, 4) is 11.3 Å². The molecule has 2 aliphatic heterocycles. The highest BCUT2D eigenvalue weighted by Gasteiger charge is 2.49. The molecule has 4 aromatic carbocycles. The van der Waals surface area contributed by atoms with Crippen LogP contribution in [0.15, 0.2) is 128 Å². The number of rotatable bonds is 7. The van der Waals surface area contributed by atoms with Gasteiger partial charge in [-0.15, -0.1) is 0 Å². The molecule has 6 nitrogen and oxygen atoms in total. The van der Waals surface area contributed by atoms with Crippen LogP contribution < -0.4 is 10.2 Å². The van der Waals surface area contributed by atoms with Crippen molar-refractivity contribution < 1.29 is 13.6 Å². The predicted molar refractivity (Wildman–Crippen MR) is 179 cm³/mol. The highest BCUT2D eigenvalue weighted by molar-refractivity contribution is 6.03. The summed E-state index contributed by atoms with van der Waals surface area (Å²) in [4.78, 5) is 19.6. The van der Waals surface area contributed by atoms with E-state index in [1.54, 1.807) is 6.07 Å². The molecule has 1 atom stereocenters. The number of hydrogen-bond donors (Lipinski definition) is 1. The molecule has 0 bridgehead atoms. The first kappa shape index (κ1) is 29.2. The Balaban J connectivity index is 1.43. The number of alkyl halides is 2. The minimum Gasteiger partial charge on any atom is -0.316 e. The van der Waals surface area contributed by atoms with Crippen molar-refractivity contribution in [1.82, 2.24) is 20.1 Å². The number of carbonyl (C=O) groups is 1. The summed E-state index contributed by atoms with van der Waals surface area (Å²) in [5.41, 5.74) is 4.02. The van der Waals surface area contributed by atoms with Gasteiger partial charge in [0.2, 0.25) is 5.91 Å². The third kappa shape index (κ3) is 4.66. The summed E-state index contributed by atoms with van der Waals surface area (Å²) >= 11 is 0. The van der Waals surface area contributed by atoms with Gasteiger partial charge in [-0.05, 0) is 66.4 Å². The maximum absolute atomic E-state index is 14.0. The fraction of sp³-hybridized carbons (Fsp3) is 0.205. The first-order chi connectivity index (χ1) is 23.0. The predicted octanol–water partition coefficient (Wildman–Crippen LogP) is 7.59. The zero-order valence-corrected chi connectivity index (χ0v) is 25.7. The number of hydrogen-bond acceptors (Lipinski definition) is 4. The number of benzene rings is 4. The summed E-state index contributed by atoms with van der Waals surface area (Å²) in [5, 5.41) is 9.48. The van der Waals surface area contributed by atoms with Gasteiger partial charge in [0, 0.05) is 35.9 Å². The molecule has 0 saturated carbocycles. The molecule has 1 spiro atoms. The normalized spacial score (nSPS) is 18.2. The second kappa shape index (κ2) is 11.5. The van der Waals surface area contributed by atoms with Crippen LogP contribution >= 0.6 is 0 Å². The standard InChI is InChI=1S/C39H33F2N5O/c40-36(41)33-24-27(18-21-43-33)35-32-25-31(45-23-20-38(37(45)47)19-22-42-26-38)16-17-34(32)46(44-35)39(28-10-4-1-5-11-28,29-12-6-2-7-13-29)30-14-8-3-9-15-30/h1-18,21,24-25,36,42H,19-20,22-23,26H2. The van der Waals surface area contributed by atoms with Crippen LogP contribution in [0.4, 0.5) is 14.5 Å². The van der Waals surface area contributed by atoms with Crippen molar-refractivity contribution in [2.45, 2.75) is 24.8 Å². The Hall–Kier alpha value is -5.21. The van der Waals surface area contributed by atoms with E-state index in [1.807, 2.05) is 82.4 Å². The van der Waals surface area contributed by atoms with Crippen LogP contribution in [0.5, 0.6) is 0 Å². The number of pyridine rings is 1. The largest absolute Gasteiger partial charge is 0.316 e. The molecule has 1 unspecified atom stereocenters. The van der Waals surface area contributed by atoms with Crippen LogP contribution in [0.2, 0.25) is 0 Å². The number of fused-ring (bicyclic) bond motifs is 1. The van der Waals surface area contributed by atoms with Gasteiger partial charge in [-0.25, -0.2) is 13.5 Å². The Morgan fingerprint density at radius 2 is 1.43 bits per heavy atom. The van der Waals surface area contributed by atoms with Crippen LogP contribution in [0.3, 0.4) is 0 Å². The lowest BCUT2D eigenvalue weighted by atomic mass is 9.77. The number of anilines is 1. The first-order valence-corrected chi connectivity index (χ1v) is 16.0. The first-order valence-electron chi connectivity index (χ1n) is 16.0. The van der Waals surface area contributed by atoms with Crippen molar-refractivity contribution >= 4 is 22.5 Å². The maximum atomic E-state index is 14.0. The molecule has 2 aliphatic rings. The second-order valence-corrected chi connectivity index (χ2v) is 12.5. The van der Waals surface area contributed by atoms with E-state index in [4.69, 9.17) is 5.10 Å². The van der Waals surface area contributed by atoms with Gasteiger partial charge in [0.25, 0.3) is 6.43 Å². The van der Waals surface area contributed by atoms with Gasteiger partial charge < -0.3 is 10.2 Å². The van der Waals surface area contributed by atoms with Gasteiger partial charge in [0.1, 0.15) is 16.9 Å². The Labute approximate surface area is 271 Å². The lowest BCUT2D eigenvalue weighted by Crippen LogP contribution is -2.38. The summed E-state index contributed by atoms with van der Waals surface area (Å²) in [6, 6.07) is 39.8. The molecule has 1 amide bonds. The summed E-state index contributed by atoms with van der Waals surface area (Å²) in [6.07, 6.45) is 0.305. The van der Waals surface area contributed by atoms with E-state index in [0.29, 0.717) is 24.3 Å². The average Bonchev–Trinajstić information content (AvgIpc) is 3.85. The summed E-state index contributed by atoms with van der Waals surface area (Å²) < 4.78 is 29.9. The van der Waals surface area contributed by atoms with Gasteiger partial charge in [-0.1, -0.05) is 91.0 Å². The molecule has 0 aliphatic carbocycles. The lowest BCUT2D eigenvalue weighted by Gasteiger charge is -2.37. The van der Waals surface area contributed by atoms with E-state index in [-0.39, 0.29) is 17.0 Å². The zero-order chi connectivity index (χ0) is 32.0. The van der Waals surface area contributed by atoms with Crippen LogP contribution in [0.25, 0.3) is 22.2 Å². The van der Waals surface area contributed by atoms with Crippen molar-refractivity contribution in [2.24, 2.45) is 5.41 Å². The Morgan fingerprint density at radius 3 is 2.00 bits per heavy atom. The van der Waals surface area contributed by atoms with E-state index in [9.17, 15) is 13.6 Å². The number of aromatic nitrogens is 3. The average molecular weight is 626 g/mol. The van der Waals surface area contributed by atoms with Crippen molar-refractivity contribution in [1.29, 1.82) is 0 Å². The number of halogens is 2. The smallest absolute Gasteiger partial charge is 0.280 e. The van der Waals surface area contributed by atoms with E-state index >= 15 is 0 Å². The lowest BCUT2D eigenvalue weighted by molar-refractivity contribution is -0.124. The fourth-order valence-corrected chi connectivity index (χ4v) is 7.57. The quantitative estimate of drug-likeness (QED) is 0.186. The minimum atomic E-state index is -2.73. The SMILES string of the molecule is O=C1N(c2ccc3c(c2)c(-c2ccnc(C(F)F)c2)nn3C(c2ccccc2)(c2ccccc2)c2ccccc2)CCC12CCNC2. The van der Waals surface area contributed by atoms with Crippen LogP contribution in [-0.2, 0) is 10.3 Å². The highest BCUT2D eigenvalue weighted by Crippen LogP contribution is 2.46. The summed E-state index contributed by atoms with van der Waals surface area (Å²) in [5.74, 6) is 0.131. The van der Waals surface area contributed by atoms with Crippen LogP contribution in [-0.4, -0.2) is 40.3 Å². The monoisotopic (exact) mass is 625 g/mol. The Morgan fingerprint density at radius 1 is 0.787 bits per heavy atom. The van der Waals surface area contributed by atoms with Gasteiger partial charge in [0.15, 0.2) is 0 Å². The number of nitrogens with zero attached hydrogens (tertiary/aromatic N) is 4. The fourth-order valence-electron chi connectivity index (χ4n) is 7.57. The van der Waals surface area contributed by atoms with Gasteiger partial charge in [-0.3, -0.25) is 9.78 Å². The Bertz CT molecular complexity index is 1960. The number of amides is 1. The van der Waals surface area contributed by atoms with Crippen LogP contribution in [0, 0.1) is 5.41 Å². The molecule has 1 N–H and O–H groups in total. The maximum Gasteiger partial charge on any atom is 0.280 e. The van der Waals surface area contributed by atoms with Gasteiger partial charge in [-0.2, -0.15) is 5.10 Å². The molecule has 6 aromatic rings. The third-order valence-corrected chi connectivity index (χ3v) is 9.90. The summed E-state index contributed by atoms with van der Waals surface area (Å²) in [6.45, 7) is 2.15. The molecule has 4 heterocycles. The molecule has 8 rings (SSSR count). The summed E-state index contributed by atoms with van der Waals surface area (Å²) in [7, 11) is 0. The number of nitrogens with one attached hydrogen (secondary N) is 1. The third-order valence-electron chi connectivity index (χ3n) is 9.90. The topological polar surface area (TPSA) is 63.1 Å². The van der Waals surface area contributed by atoms with E-state index in [0.717, 1.165) is 52.7 Å². The molecule has 8 heteroatoms. The molecule has 47 heavy (non-hydrogen) atoms.